The average Bonchev–Trinajstić information content (AvgIpc) is 2.67. The first-order valence-electron chi connectivity index (χ1n) is 6.30. The van der Waals surface area contributed by atoms with E-state index in [0.29, 0.717) is 0 Å². The summed E-state index contributed by atoms with van der Waals surface area (Å²) >= 11 is 9.34. The summed E-state index contributed by atoms with van der Waals surface area (Å²) in [5, 5.41) is 0. The molecule has 3 heteroatoms. The summed E-state index contributed by atoms with van der Waals surface area (Å²) in [5.74, 6) is 0. The van der Waals surface area contributed by atoms with Crippen molar-refractivity contribution in [2.24, 2.45) is 0 Å². The van der Waals surface area contributed by atoms with E-state index < -0.39 is 0 Å². The lowest BCUT2D eigenvalue weighted by Gasteiger charge is -2.19. The number of aryl methyl sites for hydroxylation is 3. The second-order valence-electron chi connectivity index (χ2n) is 5.14. The van der Waals surface area contributed by atoms with Gasteiger partial charge in [-0.15, -0.1) is 11.3 Å². The highest BCUT2D eigenvalue weighted by atomic mass is 79.9. The van der Waals surface area contributed by atoms with Crippen molar-refractivity contribution >= 4 is 43.2 Å². The zero-order valence-electron chi connectivity index (χ0n) is 11.9. The van der Waals surface area contributed by atoms with Gasteiger partial charge in [-0.05, 0) is 90.0 Å². The molecule has 1 heterocycles. The molecule has 0 aliphatic rings. The SMILES string of the molecule is Cc1cc(C(Br)c2c(C)c(C)cc(C)c2C)sc1Br. The van der Waals surface area contributed by atoms with Gasteiger partial charge in [0.15, 0.2) is 0 Å². The molecule has 0 saturated heterocycles. The molecule has 1 atom stereocenters. The van der Waals surface area contributed by atoms with E-state index in [-0.39, 0.29) is 4.83 Å². The Kier molecular flexibility index (Phi) is 4.59. The summed E-state index contributed by atoms with van der Waals surface area (Å²) in [4.78, 5) is 1.64. The van der Waals surface area contributed by atoms with Crippen molar-refractivity contribution in [3.63, 3.8) is 0 Å². The van der Waals surface area contributed by atoms with Gasteiger partial charge < -0.3 is 0 Å². The fraction of sp³-hybridized carbons (Fsp3) is 0.375. The van der Waals surface area contributed by atoms with Crippen LogP contribution in [0.3, 0.4) is 0 Å². The molecule has 0 bridgehead atoms. The first-order chi connectivity index (χ1) is 8.82. The van der Waals surface area contributed by atoms with Crippen LogP contribution in [0.2, 0.25) is 0 Å². The molecular formula is C16H18Br2S. The van der Waals surface area contributed by atoms with Gasteiger partial charge in [-0.1, -0.05) is 22.0 Å². The third-order valence-corrected chi connectivity index (χ3v) is 7.26. The van der Waals surface area contributed by atoms with Crippen LogP contribution in [0.4, 0.5) is 0 Å². The maximum absolute atomic E-state index is 3.90. The van der Waals surface area contributed by atoms with Crippen LogP contribution in [0.25, 0.3) is 0 Å². The first kappa shape index (κ1) is 15.3. The number of rotatable bonds is 2. The molecule has 0 radical (unpaired) electrons. The molecule has 0 amide bonds. The van der Waals surface area contributed by atoms with Crippen LogP contribution < -0.4 is 0 Å². The van der Waals surface area contributed by atoms with Crippen molar-refractivity contribution in [1.29, 1.82) is 0 Å². The quantitative estimate of drug-likeness (QED) is 0.501. The van der Waals surface area contributed by atoms with E-state index in [1.54, 1.807) is 0 Å². The van der Waals surface area contributed by atoms with Crippen LogP contribution in [0.15, 0.2) is 15.9 Å². The molecule has 2 rings (SSSR count). The van der Waals surface area contributed by atoms with Crippen molar-refractivity contribution in [2.75, 3.05) is 0 Å². The number of thiophene rings is 1. The molecule has 0 N–H and O–H groups in total. The fourth-order valence-electron chi connectivity index (χ4n) is 2.38. The third kappa shape index (κ3) is 2.84. The van der Waals surface area contributed by atoms with Gasteiger partial charge >= 0.3 is 0 Å². The van der Waals surface area contributed by atoms with Crippen LogP contribution in [0.5, 0.6) is 0 Å². The third-order valence-electron chi connectivity index (χ3n) is 3.80. The van der Waals surface area contributed by atoms with Crippen LogP contribution in [0.1, 0.15) is 43.1 Å². The number of halogens is 2. The van der Waals surface area contributed by atoms with Crippen molar-refractivity contribution < 1.29 is 0 Å². The zero-order chi connectivity index (χ0) is 14.3. The Morgan fingerprint density at radius 2 is 1.42 bits per heavy atom. The van der Waals surface area contributed by atoms with Crippen LogP contribution in [0, 0.1) is 34.6 Å². The van der Waals surface area contributed by atoms with E-state index in [1.165, 1.54) is 42.0 Å². The molecule has 0 aliphatic carbocycles. The second kappa shape index (κ2) is 5.71. The summed E-state index contributed by atoms with van der Waals surface area (Å²) in [6.07, 6.45) is 0. The topological polar surface area (TPSA) is 0 Å². The first-order valence-corrected chi connectivity index (χ1v) is 8.82. The normalized spacial score (nSPS) is 12.8. The number of hydrogen-bond donors (Lipinski definition) is 0. The monoisotopic (exact) mass is 400 g/mol. The van der Waals surface area contributed by atoms with Gasteiger partial charge in [0.1, 0.15) is 0 Å². The molecular weight excluding hydrogens is 384 g/mol. The van der Waals surface area contributed by atoms with Crippen LogP contribution >= 0.6 is 43.2 Å². The Balaban J connectivity index is 2.58. The van der Waals surface area contributed by atoms with Crippen LogP contribution in [-0.4, -0.2) is 0 Å². The van der Waals surface area contributed by atoms with E-state index in [0.717, 1.165) is 0 Å². The molecule has 0 nitrogen and oxygen atoms in total. The summed E-state index contributed by atoms with van der Waals surface area (Å²) in [7, 11) is 0. The highest BCUT2D eigenvalue weighted by Gasteiger charge is 2.20. The van der Waals surface area contributed by atoms with Gasteiger partial charge in [0.2, 0.25) is 0 Å². The van der Waals surface area contributed by atoms with Crippen molar-refractivity contribution in [3.8, 4) is 0 Å². The molecule has 0 spiro atoms. The lowest BCUT2D eigenvalue weighted by Crippen LogP contribution is -2.02. The van der Waals surface area contributed by atoms with Crippen molar-refractivity contribution in [2.45, 2.75) is 39.4 Å². The van der Waals surface area contributed by atoms with Crippen molar-refractivity contribution in [3.05, 3.63) is 54.2 Å². The fourth-order valence-corrected chi connectivity index (χ4v) is 5.04. The lowest BCUT2D eigenvalue weighted by atomic mass is 9.92. The van der Waals surface area contributed by atoms with Crippen LogP contribution in [-0.2, 0) is 0 Å². The standard InChI is InChI=1S/C16H18Br2S/c1-8-6-9(2)12(5)14(11(8)4)15(17)13-7-10(3)16(18)19-13/h6-7,15H,1-5H3. The Morgan fingerprint density at radius 3 is 1.84 bits per heavy atom. The number of benzene rings is 1. The van der Waals surface area contributed by atoms with E-state index >= 15 is 0 Å². The van der Waals surface area contributed by atoms with E-state index in [4.69, 9.17) is 0 Å². The van der Waals surface area contributed by atoms with E-state index in [2.05, 4.69) is 78.6 Å². The minimum absolute atomic E-state index is 0.279. The zero-order valence-corrected chi connectivity index (χ0v) is 15.9. The molecule has 0 fully saturated rings. The highest BCUT2D eigenvalue weighted by molar-refractivity contribution is 9.11. The Labute approximate surface area is 136 Å². The summed E-state index contributed by atoms with van der Waals surface area (Å²) in [6, 6.07) is 4.55. The molecule has 102 valence electrons. The van der Waals surface area contributed by atoms with Gasteiger partial charge in [0, 0.05) is 4.88 Å². The lowest BCUT2D eigenvalue weighted by molar-refractivity contribution is 1.09. The van der Waals surface area contributed by atoms with E-state index in [9.17, 15) is 0 Å². The maximum atomic E-state index is 3.90. The summed E-state index contributed by atoms with van der Waals surface area (Å²) < 4.78 is 1.23. The maximum Gasteiger partial charge on any atom is 0.0743 e. The van der Waals surface area contributed by atoms with Gasteiger partial charge in [-0.3, -0.25) is 0 Å². The van der Waals surface area contributed by atoms with Gasteiger partial charge in [0.25, 0.3) is 0 Å². The number of hydrogen-bond acceptors (Lipinski definition) is 1. The Bertz CT molecular complexity index is 580. The predicted molar refractivity (Wildman–Crippen MR) is 92.9 cm³/mol. The minimum atomic E-state index is 0.279. The minimum Gasteiger partial charge on any atom is -0.131 e. The molecule has 2 aromatic rings. The molecule has 0 aliphatic heterocycles. The van der Waals surface area contributed by atoms with Gasteiger partial charge in [0.05, 0.1) is 8.61 Å². The molecule has 0 saturated carbocycles. The van der Waals surface area contributed by atoms with E-state index in [1.807, 2.05) is 11.3 Å². The predicted octanol–water partition coefficient (Wildman–Crippen LogP) is 6.54. The molecule has 19 heavy (non-hydrogen) atoms. The number of alkyl halides is 1. The summed E-state index contributed by atoms with van der Waals surface area (Å²) in [6.45, 7) is 11.0. The van der Waals surface area contributed by atoms with Gasteiger partial charge in [-0.25, -0.2) is 0 Å². The molecule has 1 aromatic carbocycles. The largest absolute Gasteiger partial charge is 0.131 e. The molecule has 1 aromatic heterocycles. The smallest absolute Gasteiger partial charge is 0.0743 e. The van der Waals surface area contributed by atoms with Gasteiger partial charge in [-0.2, -0.15) is 0 Å². The Morgan fingerprint density at radius 1 is 0.895 bits per heavy atom. The highest BCUT2D eigenvalue weighted by Crippen LogP contribution is 2.42. The van der Waals surface area contributed by atoms with Crippen molar-refractivity contribution in [1.82, 2.24) is 0 Å². The molecule has 1 unspecified atom stereocenters. The Hall–Kier alpha value is -0.120. The summed E-state index contributed by atoms with van der Waals surface area (Å²) in [5.41, 5.74) is 8.26. The average molecular weight is 402 g/mol. The second-order valence-corrected chi connectivity index (χ2v) is 8.46.